The van der Waals surface area contributed by atoms with Crippen molar-refractivity contribution in [3.8, 4) is 0 Å². The van der Waals surface area contributed by atoms with Crippen molar-refractivity contribution in [2.24, 2.45) is 5.41 Å². The van der Waals surface area contributed by atoms with E-state index in [2.05, 4.69) is 39.8 Å². The first kappa shape index (κ1) is 9.82. The molecule has 78 valence electrons. The van der Waals surface area contributed by atoms with E-state index in [1.165, 1.54) is 18.4 Å². The third-order valence-corrected chi connectivity index (χ3v) is 3.96. The molecule has 1 aliphatic carbocycles. The van der Waals surface area contributed by atoms with Gasteiger partial charge in [-0.25, -0.2) is 0 Å². The smallest absolute Gasteiger partial charge is 0.138 e. The second kappa shape index (κ2) is 2.88. The maximum Gasteiger partial charge on any atom is 0.138 e. The van der Waals surface area contributed by atoms with Crippen molar-refractivity contribution in [2.75, 3.05) is 0 Å². The molecule has 0 radical (unpaired) electrons. The topological polar surface area (TPSA) is 9.23 Å². The quantitative estimate of drug-likeness (QED) is 0.530. The minimum Gasteiger partial charge on any atom is -0.487 e. The molecule has 1 atom stereocenters. The maximum absolute atomic E-state index is 6.11. The summed E-state index contributed by atoms with van der Waals surface area (Å²) in [6.07, 6.45) is 8.05. The van der Waals surface area contributed by atoms with Gasteiger partial charge in [-0.2, -0.15) is 0 Å². The number of allylic oxidation sites excluding steroid dienone is 2. The van der Waals surface area contributed by atoms with Crippen molar-refractivity contribution in [1.29, 1.82) is 0 Å². The van der Waals surface area contributed by atoms with Crippen LogP contribution in [0.1, 0.15) is 47.0 Å². The largest absolute Gasteiger partial charge is 0.487 e. The van der Waals surface area contributed by atoms with Crippen molar-refractivity contribution in [3.05, 3.63) is 23.5 Å². The van der Waals surface area contributed by atoms with Gasteiger partial charge in [0, 0.05) is 11.8 Å². The lowest BCUT2D eigenvalue weighted by atomic mass is 9.64. The molecule has 0 amide bonds. The Morgan fingerprint density at radius 2 is 1.93 bits per heavy atom. The molecule has 2 rings (SSSR count). The normalized spacial score (nSPS) is 35.1. The molecule has 14 heavy (non-hydrogen) atoms. The molecule has 1 spiro atoms. The van der Waals surface area contributed by atoms with E-state index >= 15 is 0 Å². The lowest BCUT2D eigenvalue weighted by molar-refractivity contribution is -0.0503. The Balaban J connectivity index is 2.39. The molecule has 1 heterocycles. The molecule has 0 aromatic rings. The molecule has 1 unspecified atom stereocenters. The zero-order valence-corrected chi connectivity index (χ0v) is 9.68. The number of hydrogen-bond acceptors (Lipinski definition) is 1. The van der Waals surface area contributed by atoms with E-state index in [0.29, 0.717) is 0 Å². The Bertz CT molecular complexity index is 309. The Kier molecular flexibility index (Phi) is 2.02. The molecule has 0 saturated carbocycles. The van der Waals surface area contributed by atoms with Gasteiger partial charge in [-0.1, -0.05) is 19.9 Å². The summed E-state index contributed by atoms with van der Waals surface area (Å²) in [7, 11) is 0. The Morgan fingerprint density at radius 1 is 1.21 bits per heavy atom. The van der Waals surface area contributed by atoms with Crippen LogP contribution in [0.15, 0.2) is 23.5 Å². The highest BCUT2D eigenvalue weighted by Crippen LogP contribution is 2.52. The van der Waals surface area contributed by atoms with Gasteiger partial charge in [-0.05, 0) is 38.3 Å². The first-order valence-electron chi connectivity index (χ1n) is 5.51. The molecule has 1 heteroatoms. The zero-order chi connectivity index (χ0) is 10.4. The molecule has 0 aromatic heterocycles. The fraction of sp³-hybridized carbons (Fsp3) is 0.692. The highest BCUT2D eigenvalue weighted by atomic mass is 16.5. The van der Waals surface area contributed by atoms with Crippen molar-refractivity contribution >= 4 is 0 Å². The van der Waals surface area contributed by atoms with E-state index < -0.39 is 0 Å². The van der Waals surface area contributed by atoms with E-state index in [4.69, 9.17) is 4.74 Å². The van der Waals surface area contributed by atoms with Gasteiger partial charge in [0.25, 0.3) is 0 Å². The predicted molar refractivity (Wildman–Crippen MR) is 59.0 cm³/mol. The number of rotatable bonds is 0. The number of hydrogen-bond donors (Lipinski definition) is 0. The Morgan fingerprint density at radius 3 is 2.43 bits per heavy atom. The second-order valence-electron chi connectivity index (χ2n) is 5.26. The predicted octanol–water partition coefficient (Wildman–Crippen LogP) is 3.82. The molecule has 1 nitrogen and oxygen atoms in total. The highest BCUT2D eigenvalue weighted by Gasteiger charge is 2.51. The maximum atomic E-state index is 6.11. The Labute approximate surface area is 86.8 Å². The van der Waals surface area contributed by atoms with Crippen molar-refractivity contribution in [3.63, 3.8) is 0 Å². The molecule has 0 N–H and O–H groups in total. The van der Waals surface area contributed by atoms with Crippen LogP contribution >= 0.6 is 0 Å². The van der Waals surface area contributed by atoms with Crippen LogP contribution in [0.4, 0.5) is 0 Å². The van der Waals surface area contributed by atoms with Crippen LogP contribution in [0.3, 0.4) is 0 Å². The van der Waals surface area contributed by atoms with Crippen LogP contribution in [-0.4, -0.2) is 5.60 Å². The summed E-state index contributed by atoms with van der Waals surface area (Å²) in [5, 5.41) is 0. The zero-order valence-electron chi connectivity index (χ0n) is 9.68. The monoisotopic (exact) mass is 192 g/mol. The van der Waals surface area contributed by atoms with Crippen LogP contribution in [0, 0.1) is 5.41 Å². The molecular weight excluding hydrogens is 172 g/mol. The average molecular weight is 192 g/mol. The summed E-state index contributed by atoms with van der Waals surface area (Å²) in [4.78, 5) is 0. The summed E-state index contributed by atoms with van der Waals surface area (Å²) in [6.45, 7) is 8.94. The van der Waals surface area contributed by atoms with E-state index in [0.717, 1.165) is 12.2 Å². The average Bonchev–Trinajstić information content (AvgIpc) is 2.46. The molecule has 0 aromatic carbocycles. The summed E-state index contributed by atoms with van der Waals surface area (Å²) in [5.41, 5.74) is 1.65. The summed E-state index contributed by atoms with van der Waals surface area (Å²) < 4.78 is 6.11. The van der Waals surface area contributed by atoms with E-state index in [1.54, 1.807) is 0 Å². The summed E-state index contributed by atoms with van der Waals surface area (Å²) >= 11 is 0. The Hall–Kier alpha value is -0.720. The second-order valence-corrected chi connectivity index (χ2v) is 5.26. The van der Waals surface area contributed by atoms with Gasteiger partial charge < -0.3 is 4.74 Å². The third kappa shape index (κ3) is 1.14. The van der Waals surface area contributed by atoms with Crippen LogP contribution in [0.5, 0.6) is 0 Å². The van der Waals surface area contributed by atoms with Crippen molar-refractivity contribution < 1.29 is 4.74 Å². The first-order chi connectivity index (χ1) is 6.48. The lowest BCUT2D eigenvalue weighted by Gasteiger charge is -2.47. The fourth-order valence-corrected chi connectivity index (χ4v) is 2.85. The molecule has 0 fully saturated rings. The standard InChI is InChI=1S/C13H20O/c1-10-6-5-8-12(3,4)13(10)9-7-11(2)14-13/h6-7H,5,8-9H2,1-4H3. The third-order valence-electron chi connectivity index (χ3n) is 3.96. The molecule has 1 aliphatic heterocycles. The van der Waals surface area contributed by atoms with E-state index in [-0.39, 0.29) is 11.0 Å². The molecule has 0 saturated heterocycles. The summed E-state index contributed by atoms with van der Waals surface area (Å²) in [6, 6.07) is 0. The highest BCUT2D eigenvalue weighted by molar-refractivity contribution is 5.29. The van der Waals surface area contributed by atoms with Crippen LogP contribution in [0.25, 0.3) is 0 Å². The minimum atomic E-state index is -0.0324. The minimum absolute atomic E-state index is 0.0324. The van der Waals surface area contributed by atoms with Gasteiger partial charge in [0.2, 0.25) is 0 Å². The van der Waals surface area contributed by atoms with Gasteiger partial charge >= 0.3 is 0 Å². The van der Waals surface area contributed by atoms with Gasteiger partial charge in [-0.15, -0.1) is 0 Å². The van der Waals surface area contributed by atoms with Crippen LogP contribution < -0.4 is 0 Å². The van der Waals surface area contributed by atoms with E-state index in [1.807, 2.05) is 0 Å². The van der Waals surface area contributed by atoms with Crippen molar-refractivity contribution in [1.82, 2.24) is 0 Å². The SMILES string of the molecule is CC1=CCC2(O1)C(C)=CCCC2(C)C. The van der Waals surface area contributed by atoms with Crippen LogP contribution in [0.2, 0.25) is 0 Å². The summed E-state index contributed by atoms with van der Waals surface area (Å²) in [5.74, 6) is 1.09. The van der Waals surface area contributed by atoms with Gasteiger partial charge in [0.1, 0.15) is 5.60 Å². The first-order valence-corrected chi connectivity index (χ1v) is 5.51. The lowest BCUT2D eigenvalue weighted by Crippen LogP contribution is -2.47. The number of ether oxygens (including phenoxy) is 1. The fourth-order valence-electron chi connectivity index (χ4n) is 2.85. The van der Waals surface area contributed by atoms with Gasteiger partial charge in [0.05, 0.1) is 5.76 Å². The molecular formula is C13H20O. The van der Waals surface area contributed by atoms with Crippen molar-refractivity contribution in [2.45, 2.75) is 52.6 Å². The van der Waals surface area contributed by atoms with Crippen LogP contribution in [-0.2, 0) is 4.74 Å². The van der Waals surface area contributed by atoms with E-state index in [9.17, 15) is 0 Å². The molecule has 2 aliphatic rings. The van der Waals surface area contributed by atoms with Gasteiger partial charge in [0.15, 0.2) is 0 Å². The van der Waals surface area contributed by atoms with Gasteiger partial charge in [-0.3, -0.25) is 0 Å². The molecule has 0 bridgehead atoms.